The molecule has 1 N–H and O–H groups in total. The fourth-order valence-corrected chi connectivity index (χ4v) is 3.85. The van der Waals surface area contributed by atoms with E-state index in [0.717, 1.165) is 5.56 Å². The maximum Gasteiger partial charge on any atom is 0.220 e. The first-order valence-corrected chi connectivity index (χ1v) is 9.92. The summed E-state index contributed by atoms with van der Waals surface area (Å²) in [6, 6.07) is 9.75. The van der Waals surface area contributed by atoms with Gasteiger partial charge in [0.25, 0.3) is 0 Å². The summed E-state index contributed by atoms with van der Waals surface area (Å²) >= 11 is 0. The van der Waals surface area contributed by atoms with Crippen molar-refractivity contribution in [3.8, 4) is 0 Å². The van der Waals surface area contributed by atoms with E-state index < -0.39 is 48.4 Å². The maximum absolute atomic E-state index is 10.5. The largest absolute Gasteiger partial charge is 0.386 e. The van der Waals surface area contributed by atoms with Crippen molar-refractivity contribution >= 4 is 0 Å². The number of methoxy groups -OCH3 is 3. The predicted octanol–water partition coefficient (Wildman–Crippen LogP) is 2.00. The summed E-state index contributed by atoms with van der Waals surface area (Å²) in [4.78, 5) is 0. The number of fused-ring (bicyclic) bond motifs is 1. The molecule has 30 heavy (non-hydrogen) atoms. The summed E-state index contributed by atoms with van der Waals surface area (Å²) in [5.41, 5.74) is 0.991. The van der Waals surface area contributed by atoms with E-state index >= 15 is 0 Å². The van der Waals surface area contributed by atoms with Gasteiger partial charge in [-0.05, 0) is 19.4 Å². The van der Waals surface area contributed by atoms with E-state index in [4.69, 9.17) is 33.2 Å². The molecule has 0 aliphatic carbocycles. The number of aliphatic hydroxyl groups is 1. The van der Waals surface area contributed by atoms with Crippen LogP contribution in [0.5, 0.6) is 0 Å². The van der Waals surface area contributed by atoms with Crippen molar-refractivity contribution in [3.05, 3.63) is 48.6 Å². The Bertz CT molecular complexity index is 700. The van der Waals surface area contributed by atoms with Gasteiger partial charge >= 0.3 is 0 Å². The Balaban J connectivity index is 1.93. The van der Waals surface area contributed by atoms with Crippen molar-refractivity contribution in [1.29, 1.82) is 0 Å². The third-order valence-corrected chi connectivity index (χ3v) is 5.95. The van der Waals surface area contributed by atoms with Gasteiger partial charge in [-0.2, -0.15) is 0 Å². The highest BCUT2D eigenvalue weighted by molar-refractivity contribution is 5.14. The minimum atomic E-state index is -1.25. The van der Waals surface area contributed by atoms with Gasteiger partial charge in [0.1, 0.15) is 30.5 Å². The van der Waals surface area contributed by atoms with Gasteiger partial charge < -0.3 is 38.3 Å². The third kappa shape index (κ3) is 4.19. The van der Waals surface area contributed by atoms with Crippen molar-refractivity contribution in [2.75, 3.05) is 21.3 Å². The Kier molecular flexibility index (Phi) is 7.32. The number of rotatable bonds is 8. The first-order valence-electron chi connectivity index (χ1n) is 9.92. The number of aliphatic hydroxyl groups excluding tert-OH is 1. The Morgan fingerprint density at radius 1 is 1.07 bits per heavy atom. The maximum atomic E-state index is 10.5. The van der Waals surface area contributed by atoms with Crippen molar-refractivity contribution in [1.82, 2.24) is 0 Å². The second-order valence-corrected chi connectivity index (χ2v) is 7.66. The molecule has 0 bridgehead atoms. The summed E-state index contributed by atoms with van der Waals surface area (Å²) in [6.45, 7) is 7.43. The van der Waals surface area contributed by atoms with Crippen LogP contribution in [0.3, 0.4) is 0 Å². The molecule has 8 heteroatoms. The summed E-state index contributed by atoms with van der Waals surface area (Å²) in [6.07, 6.45) is -3.27. The number of ether oxygens (including phenoxy) is 7. The third-order valence-electron chi connectivity index (χ3n) is 5.95. The fraction of sp³-hybridized carbons (Fsp3) is 0.636. The molecule has 2 heterocycles. The van der Waals surface area contributed by atoms with Gasteiger partial charge in [0, 0.05) is 21.3 Å². The summed E-state index contributed by atoms with van der Waals surface area (Å²) in [7, 11) is 4.54. The summed E-state index contributed by atoms with van der Waals surface area (Å²) < 4.78 is 41.7. The van der Waals surface area contributed by atoms with E-state index in [2.05, 4.69) is 6.58 Å². The zero-order valence-electron chi connectivity index (χ0n) is 18.1. The Labute approximate surface area is 177 Å². The van der Waals surface area contributed by atoms with Crippen LogP contribution in [-0.4, -0.2) is 74.8 Å². The molecule has 2 saturated heterocycles. The van der Waals surface area contributed by atoms with Crippen LogP contribution in [0.2, 0.25) is 0 Å². The Hall–Kier alpha value is -1.36. The number of hydrogen-bond donors (Lipinski definition) is 1. The van der Waals surface area contributed by atoms with Gasteiger partial charge in [-0.1, -0.05) is 36.4 Å². The van der Waals surface area contributed by atoms with Gasteiger partial charge in [0.15, 0.2) is 6.29 Å². The molecular weight excluding hydrogens is 392 g/mol. The second kappa shape index (κ2) is 9.42. The lowest BCUT2D eigenvalue weighted by atomic mass is 9.91. The molecular formula is C22H32O8. The molecule has 0 saturated carbocycles. The van der Waals surface area contributed by atoms with Crippen LogP contribution in [0.1, 0.15) is 19.4 Å². The fourth-order valence-electron chi connectivity index (χ4n) is 3.85. The van der Waals surface area contributed by atoms with Gasteiger partial charge in [-0.25, -0.2) is 0 Å². The van der Waals surface area contributed by atoms with Crippen molar-refractivity contribution < 1.29 is 38.3 Å². The average molecular weight is 424 g/mol. The molecule has 168 valence electrons. The van der Waals surface area contributed by atoms with E-state index in [-0.39, 0.29) is 0 Å². The van der Waals surface area contributed by atoms with Crippen LogP contribution < -0.4 is 0 Å². The quantitative estimate of drug-likeness (QED) is 0.635. The van der Waals surface area contributed by atoms with E-state index in [1.807, 2.05) is 30.3 Å². The predicted molar refractivity (Wildman–Crippen MR) is 107 cm³/mol. The molecule has 0 spiro atoms. The molecule has 2 aliphatic rings. The van der Waals surface area contributed by atoms with Gasteiger partial charge in [0.05, 0.1) is 6.61 Å². The van der Waals surface area contributed by atoms with E-state index in [1.54, 1.807) is 13.8 Å². The molecule has 1 unspecified atom stereocenters. The van der Waals surface area contributed by atoms with Gasteiger partial charge in [-0.3, -0.25) is 0 Å². The van der Waals surface area contributed by atoms with Crippen LogP contribution in [-0.2, 0) is 39.8 Å². The molecule has 0 amide bonds. The lowest BCUT2D eigenvalue weighted by Gasteiger charge is -2.57. The molecule has 0 radical (unpaired) electrons. The topological polar surface area (TPSA) is 84.8 Å². The molecule has 1 aromatic carbocycles. The van der Waals surface area contributed by atoms with Crippen LogP contribution in [0.25, 0.3) is 0 Å². The average Bonchev–Trinajstić information content (AvgIpc) is 2.78. The molecule has 8 atom stereocenters. The second-order valence-electron chi connectivity index (χ2n) is 7.66. The van der Waals surface area contributed by atoms with Crippen LogP contribution >= 0.6 is 0 Å². The van der Waals surface area contributed by atoms with E-state index in [0.29, 0.717) is 6.61 Å². The first kappa shape index (κ1) is 23.3. The zero-order chi connectivity index (χ0) is 21.9. The molecule has 3 rings (SSSR count). The van der Waals surface area contributed by atoms with Crippen molar-refractivity contribution in [2.45, 2.75) is 68.8 Å². The van der Waals surface area contributed by atoms with E-state index in [9.17, 15) is 5.11 Å². The molecule has 0 aromatic heterocycles. The Morgan fingerprint density at radius 3 is 2.20 bits per heavy atom. The lowest BCUT2D eigenvalue weighted by Crippen LogP contribution is -2.74. The molecule has 2 aliphatic heterocycles. The van der Waals surface area contributed by atoms with Gasteiger partial charge in [-0.15, -0.1) is 6.58 Å². The van der Waals surface area contributed by atoms with Crippen LogP contribution in [0, 0.1) is 0 Å². The summed E-state index contributed by atoms with van der Waals surface area (Å²) in [5, 5.41) is 10.5. The SMILES string of the molecule is C=CC(O)[C@H]1O[C@H](OC)[C@@H](OCc2ccccc2)[C@H]2O[C@](C)(OC)[C@@](C)(OC)O[C@@H]21. The molecule has 1 aromatic rings. The molecule has 2 fully saturated rings. The molecule has 8 nitrogen and oxygen atoms in total. The van der Waals surface area contributed by atoms with E-state index in [1.165, 1.54) is 27.4 Å². The minimum Gasteiger partial charge on any atom is -0.386 e. The highest BCUT2D eigenvalue weighted by atomic mass is 16.8. The van der Waals surface area contributed by atoms with Crippen LogP contribution in [0.15, 0.2) is 43.0 Å². The van der Waals surface area contributed by atoms with Crippen molar-refractivity contribution in [2.24, 2.45) is 0 Å². The van der Waals surface area contributed by atoms with Crippen molar-refractivity contribution in [3.63, 3.8) is 0 Å². The lowest BCUT2D eigenvalue weighted by molar-refractivity contribution is -0.482. The smallest absolute Gasteiger partial charge is 0.220 e. The number of benzene rings is 1. The highest BCUT2D eigenvalue weighted by Gasteiger charge is 2.63. The highest BCUT2D eigenvalue weighted by Crippen LogP contribution is 2.45. The zero-order valence-corrected chi connectivity index (χ0v) is 18.1. The van der Waals surface area contributed by atoms with Gasteiger partial charge in [0.2, 0.25) is 11.6 Å². The summed E-state index contributed by atoms with van der Waals surface area (Å²) in [5.74, 6) is -2.49. The minimum absolute atomic E-state index is 0.321. The normalized spacial score (nSPS) is 39.9. The van der Waals surface area contributed by atoms with Crippen LogP contribution in [0.4, 0.5) is 0 Å². The monoisotopic (exact) mass is 424 g/mol. The standard InChI is InChI=1S/C22H32O8/c1-7-15(23)16-17-18(30-22(3,26-6)21(2,25-5)29-17)19(20(24-4)28-16)27-13-14-11-9-8-10-12-14/h7-12,15-20,23H,1,13H2,2-6H3/t15?,16-,17-,18+,19+,20+,21+,22+/m1/s1. The first-order chi connectivity index (χ1) is 14.3. The number of hydrogen-bond acceptors (Lipinski definition) is 8. The Morgan fingerprint density at radius 2 is 1.67 bits per heavy atom.